The van der Waals surface area contributed by atoms with Crippen LogP contribution in [0.25, 0.3) is 0 Å². The predicted octanol–water partition coefficient (Wildman–Crippen LogP) is 1.30. The van der Waals surface area contributed by atoms with Crippen LogP contribution in [0.1, 0.15) is 45.4 Å². The van der Waals surface area contributed by atoms with E-state index < -0.39 is 17.4 Å². The molecule has 22 heavy (non-hydrogen) atoms. The maximum Gasteiger partial charge on any atom is 0.253 e. The number of aliphatic hydroxyl groups is 1. The van der Waals surface area contributed by atoms with Crippen molar-refractivity contribution in [1.29, 1.82) is 0 Å². The van der Waals surface area contributed by atoms with Crippen LogP contribution < -0.4 is 5.32 Å². The summed E-state index contributed by atoms with van der Waals surface area (Å²) in [6.45, 7) is 2.25. The highest BCUT2D eigenvalue weighted by Crippen LogP contribution is 2.35. The Labute approximate surface area is 129 Å². The molecule has 7 heteroatoms. The lowest BCUT2D eigenvalue weighted by atomic mass is 9.86. The van der Waals surface area contributed by atoms with Crippen molar-refractivity contribution in [3.63, 3.8) is 0 Å². The zero-order chi connectivity index (χ0) is 16.4. The molecule has 2 aliphatic rings. The minimum atomic E-state index is -2.58. The summed E-state index contributed by atoms with van der Waals surface area (Å²) in [5, 5.41) is 13.1. The average Bonchev–Trinajstić information content (AvgIpc) is 2.45. The van der Waals surface area contributed by atoms with Crippen LogP contribution in [-0.4, -0.2) is 53.0 Å². The molecule has 0 aromatic rings. The molecule has 2 fully saturated rings. The van der Waals surface area contributed by atoms with Gasteiger partial charge in [-0.15, -0.1) is 0 Å². The van der Waals surface area contributed by atoms with E-state index in [0.717, 1.165) is 0 Å². The van der Waals surface area contributed by atoms with Crippen molar-refractivity contribution < 1.29 is 23.5 Å². The molecule has 0 aromatic carbocycles. The van der Waals surface area contributed by atoms with Crippen LogP contribution in [0.15, 0.2) is 0 Å². The van der Waals surface area contributed by atoms with Crippen molar-refractivity contribution in [1.82, 2.24) is 10.2 Å². The summed E-state index contributed by atoms with van der Waals surface area (Å²) in [7, 11) is 0. The second kappa shape index (κ2) is 6.48. The summed E-state index contributed by atoms with van der Waals surface area (Å²) in [4.78, 5) is 25.1. The van der Waals surface area contributed by atoms with Gasteiger partial charge in [0, 0.05) is 32.9 Å². The van der Waals surface area contributed by atoms with Crippen molar-refractivity contribution in [2.75, 3.05) is 19.6 Å². The summed E-state index contributed by atoms with van der Waals surface area (Å²) in [5.74, 6) is -3.22. The van der Waals surface area contributed by atoms with Gasteiger partial charge < -0.3 is 15.3 Å². The first-order valence-corrected chi connectivity index (χ1v) is 7.86. The molecule has 1 heterocycles. The number of rotatable bonds is 3. The largest absolute Gasteiger partial charge is 0.378 e. The molecule has 0 spiro atoms. The number of amides is 2. The highest BCUT2D eigenvalue weighted by molar-refractivity contribution is 5.86. The number of carbonyl (C=O) groups is 2. The van der Waals surface area contributed by atoms with Crippen molar-refractivity contribution in [2.24, 2.45) is 5.92 Å². The van der Waals surface area contributed by atoms with Crippen LogP contribution in [0.5, 0.6) is 0 Å². The Balaban J connectivity index is 1.82. The van der Waals surface area contributed by atoms with Crippen molar-refractivity contribution in [3.05, 3.63) is 0 Å². The second-order valence-electron chi connectivity index (χ2n) is 6.59. The average molecular weight is 318 g/mol. The molecule has 0 bridgehead atoms. The van der Waals surface area contributed by atoms with Gasteiger partial charge in [0.15, 0.2) is 5.60 Å². The Morgan fingerprint density at radius 2 is 1.91 bits per heavy atom. The van der Waals surface area contributed by atoms with Gasteiger partial charge in [-0.1, -0.05) is 0 Å². The molecule has 0 aromatic heterocycles. The van der Waals surface area contributed by atoms with E-state index in [0.29, 0.717) is 38.8 Å². The number of halogens is 2. The Morgan fingerprint density at radius 3 is 2.50 bits per heavy atom. The summed E-state index contributed by atoms with van der Waals surface area (Å²) >= 11 is 0. The van der Waals surface area contributed by atoms with Crippen LogP contribution in [0.3, 0.4) is 0 Å². The number of nitrogens with one attached hydrogen (secondary N) is 1. The molecular weight excluding hydrogens is 294 g/mol. The number of likely N-dealkylation sites (tertiary alicyclic amines) is 1. The predicted molar refractivity (Wildman–Crippen MR) is 76.4 cm³/mol. The fourth-order valence-corrected chi connectivity index (χ4v) is 3.20. The Bertz CT molecular complexity index is 435. The molecule has 2 N–H and O–H groups in total. The van der Waals surface area contributed by atoms with Gasteiger partial charge in [-0.3, -0.25) is 9.59 Å². The van der Waals surface area contributed by atoms with E-state index >= 15 is 0 Å². The van der Waals surface area contributed by atoms with Gasteiger partial charge in [-0.05, 0) is 31.6 Å². The number of nitrogens with zero attached hydrogens (tertiary/aromatic N) is 1. The molecule has 2 rings (SSSR count). The lowest BCUT2D eigenvalue weighted by Gasteiger charge is -2.38. The molecule has 1 saturated heterocycles. The number of hydrogen-bond donors (Lipinski definition) is 2. The maximum absolute atomic E-state index is 13.1. The Morgan fingerprint density at radius 1 is 1.27 bits per heavy atom. The molecule has 0 radical (unpaired) electrons. The lowest BCUT2D eigenvalue weighted by molar-refractivity contribution is -0.150. The van der Waals surface area contributed by atoms with E-state index in [9.17, 15) is 23.5 Å². The van der Waals surface area contributed by atoms with Gasteiger partial charge in [0.05, 0.1) is 6.54 Å². The number of β-amino-alcohol motifs (C(OH)–C–C–N with tert-alkyl or cyclic N) is 1. The highest BCUT2D eigenvalue weighted by atomic mass is 19.3. The first kappa shape index (κ1) is 17.1. The van der Waals surface area contributed by atoms with Gasteiger partial charge in [0.25, 0.3) is 5.91 Å². The zero-order valence-electron chi connectivity index (χ0n) is 12.9. The van der Waals surface area contributed by atoms with Crippen molar-refractivity contribution in [3.8, 4) is 0 Å². The smallest absolute Gasteiger partial charge is 0.253 e. The molecule has 2 amide bonds. The van der Waals surface area contributed by atoms with Gasteiger partial charge in [0.2, 0.25) is 11.8 Å². The summed E-state index contributed by atoms with van der Waals surface area (Å²) in [6.07, 6.45) is 1.35. The minimum Gasteiger partial charge on any atom is -0.378 e. The van der Waals surface area contributed by atoms with E-state index in [-0.39, 0.29) is 31.2 Å². The van der Waals surface area contributed by atoms with E-state index in [2.05, 4.69) is 5.32 Å². The first-order chi connectivity index (χ1) is 10.2. The van der Waals surface area contributed by atoms with Gasteiger partial charge in [0.1, 0.15) is 0 Å². The van der Waals surface area contributed by atoms with Crippen molar-refractivity contribution >= 4 is 11.8 Å². The monoisotopic (exact) mass is 318 g/mol. The first-order valence-electron chi connectivity index (χ1n) is 7.86. The van der Waals surface area contributed by atoms with Crippen molar-refractivity contribution in [2.45, 2.75) is 57.0 Å². The standard InChI is InChI=1S/C15H24F2N2O3/c1-11(20)19-8-2-5-14(22,10-19)13(21)18-9-12-3-6-15(16,17)7-4-12/h12,22H,2-10H2,1H3,(H,18,21)/t14-/m0/s1. The third kappa shape index (κ3) is 4.15. The number of piperidine rings is 1. The normalized spacial score (nSPS) is 29.2. The van der Waals surface area contributed by atoms with Crippen LogP contribution in [-0.2, 0) is 9.59 Å². The van der Waals surface area contributed by atoms with Gasteiger partial charge in [-0.25, -0.2) is 8.78 Å². The number of carbonyl (C=O) groups excluding carboxylic acids is 2. The SMILES string of the molecule is CC(=O)N1CCC[C@@](O)(C(=O)NCC2CCC(F)(F)CC2)C1. The zero-order valence-corrected chi connectivity index (χ0v) is 12.9. The molecule has 0 unspecified atom stereocenters. The molecule has 1 saturated carbocycles. The number of hydrogen-bond acceptors (Lipinski definition) is 3. The van der Waals surface area contributed by atoms with Crippen LogP contribution >= 0.6 is 0 Å². The molecule has 5 nitrogen and oxygen atoms in total. The molecular formula is C15H24F2N2O3. The molecule has 1 aliphatic carbocycles. The summed E-state index contributed by atoms with van der Waals surface area (Å²) in [5.41, 5.74) is -1.57. The van der Waals surface area contributed by atoms with Crippen LogP contribution in [0.4, 0.5) is 8.78 Å². The minimum absolute atomic E-state index is 0.00307. The highest BCUT2D eigenvalue weighted by Gasteiger charge is 2.41. The summed E-state index contributed by atoms with van der Waals surface area (Å²) < 4.78 is 26.2. The maximum atomic E-state index is 13.1. The van der Waals surface area contributed by atoms with Crippen LogP contribution in [0, 0.1) is 5.92 Å². The fourth-order valence-electron chi connectivity index (χ4n) is 3.20. The van der Waals surface area contributed by atoms with Gasteiger partial charge >= 0.3 is 0 Å². The van der Waals surface area contributed by atoms with E-state index in [1.807, 2.05) is 0 Å². The fraction of sp³-hybridized carbons (Fsp3) is 0.867. The lowest BCUT2D eigenvalue weighted by Crippen LogP contribution is -2.58. The van der Waals surface area contributed by atoms with E-state index in [1.54, 1.807) is 0 Å². The molecule has 1 aliphatic heterocycles. The second-order valence-corrected chi connectivity index (χ2v) is 6.59. The number of alkyl halides is 2. The topological polar surface area (TPSA) is 69.6 Å². The molecule has 1 atom stereocenters. The Kier molecular flexibility index (Phi) is 5.04. The van der Waals surface area contributed by atoms with Gasteiger partial charge in [-0.2, -0.15) is 0 Å². The quantitative estimate of drug-likeness (QED) is 0.824. The third-order valence-electron chi connectivity index (χ3n) is 4.73. The van der Waals surface area contributed by atoms with Crippen LogP contribution in [0.2, 0.25) is 0 Å². The molecule has 126 valence electrons. The van der Waals surface area contributed by atoms with E-state index in [4.69, 9.17) is 0 Å². The Hall–Kier alpha value is -1.24. The summed E-state index contributed by atoms with van der Waals surface area (Å²) in [6, 6.07) is 0. The third-order valence-corrected chi connectivity index (χ3v) is 4.73. The van der Waals surface area contributed by atoms with E-state index in [1.165, 1.54) is 11.8 Å².